The smallest absolute Gasteiger partial charge is 0.276 e. The minimum atomic E-state index is 0.00868. The quantitative estimate of drug-likeness (QED) is 0.602. The van der Waals surface area contributed by atoms with E-state index in [1.807, 2.05) is 31.2 Å². The molecule has 2 aromatic rings. The number of nitrogens with zero attached hydrogens (tertiary/aromatic N) is 2. The Kier molecular flexibility index (Phi) is 5.77. The van der Waals surface area contributed by atoms with Gasteiger partial charge >= 0.3 is 0 Å². The van der Waals surface area contributed by atoms with Gasteiger partial charge in [0.2, 0.25) is 11.8 Å². The van der Waals surface area contributed by atoms with Crippen molar-refractivity contribution in [2.75, 3.05) is 11.1 Å². The van der Waals surface area contributed by atoms with Crippen molar-refractivity contribution in [1.82, 2.24) is 10.2 Å². The molecule has 0 aliphatic carbocycles. The van der Waals surface area contributed by atoms with Crippen LogP contribution in [0.2, 0.25) is 0 Å². The zero-order chi connectivity index (χ0) is 15.1. The van der Waals surface area contributed by atoms with E-state index in [9.17, 15) is 4.79 Å². The van der Waals surface area contributed by atoms with Gasteiger partial charge in [-0.15, -0.1) is 10.2 Å². The first-order valence-corrected chi connectivity index (χ1v) is 7.67. The average molecular weight is 306 g/mol. The molecule has 0 saturated heterocycles. The van der Waals surface area contributed by atoms with Gasteiger partial charge in [-0.2, -0.15) is 0 Å². The number of anilines is 1. The van der Waals surface area contributed by atoms with E-state index in [1.165, 1.54) is 11.8 Å². The molecule has 6 nitrogen and oxygen atoms in total. The van der Waals surface area contributed by atoms with Crippen LogP contribution in [-0.2, 0) is 11.3 Å². The largest absolute Gasteiger partial charge is 0.415 e. The number of hydrogen-bond donors (Lipinski definition) is 2. The molecule has 0 radical (unpaired) electrons. The second kappa shape index (κ2) is 7.80. The van der Waals surface area contributed by atoms with Crippen LogP contribution in [0.15, 0.2) is 33.9 Å². The van der Waals surface area contributed by atoms with Gasteiger partial charge in [0.15, 0.2) is 0 Å². The fourth-order valence-electron chi connectivity index (χ4n) is 1.72. The third-order valence-electron chi connectivity index (χ3n) is 2.70. The number of carbonyl (C=O) groups is 1. The van der Waals surface area contributed by atoms with Crippen molar-refractivity contribution in [1.29, 1.82) is 0 Å². The molecule has 1 aromatic carbocycles. The van der Waals surface area contributed by atoms with E-state index in [0.717, 1.165) is 23.4 Å². The molecule has 1 aromatic heterocycles. The van der Waals surface area contributed by atoms with Gasteiger partial charge in [0.05, 0.1) is 6.54 Å². The van der Waals surface area contributed by atoms with Crippen molar-refractivity contribution in [3.05, 3.63) is 35.7 Å². The summed E-state index contributed by atoms with van der Waals surface area (Å²) in [5.74, 6) is 1.18. The highest BCUT2D eigenvalue weighted by Crippen LogP contribution is 2.17. The van der Waals surface area contributed by atoms with Gasteiger partial charge in [-0.25, -0.2) is 0 Å². The number of aryl methyl sites for hydroxylation is 1. The lowest BCUT2D eigenvalue weighted by Gasteiger charge is -2.05. The third kappa shape index (κ3) is 5.20. The second-order valence-corrected chi connectivity index (χ2v) is 5.58. The Balaban J connectivity index is 1.67. The number of aromatic nitrogens is 2. The first-order chi connectivity index (χ1) is 10.2. The maximum atomic E-state index is 11.8. The number of thioether (sulfide) groups is 1. The minimum Gasteiger partial charge on any atom is -0.415 e. The summed E-state index contributed by atoms with van der Waals surface area (Å²) in [5, 5.41) is 11.0. The van der Waals surface area contributed by atoms with E-state index >= 15 is 0 Å². The van der Waals surface area contributed by atoms with Crippen molar-refractivity contribution in [2.24, 2.45) is 5.73 Å². The molecule has 0 spiro atoms. The second-order valence-electron chi connectivity index (χ2n) is 4.54. The summed E-state index contributed by atoms with van der Waals surface area (Å²) < 4.78 is 5.26. The fraction of sp³-hybridized carbons (Fsp3) is 0.357. The standard InChI is InChI=1S/C14H18N4O2S/c1-10-4-2-5-11(8-10)16-12(19)6-3-7-21-14-18-17-13(9-15)20-14/h2,4-5,8H,3,6-7,9,15H2,1H3,(H,16,19). The predicted octanol–water partition coefficient (Wildman–Crippen LogP) is 2.35. The number of benzene rings is 1. The molecule has 0 atom stereocenters. The van der Waals surface area contributed by atoms with Crippen LogP contribution >= 0.6 is 11.8 Å². The van der Waals surface area contributed by atoms with Crippen LogP contribution in [0.3, 0.4) is 0 Å². The summed E-state index contributed by atoms with van der Waals surface area (Å²) in [6, 6.07) is 7.74. The zero-order valence-corrected chi connectivity index (χ0v) is 12.7. The van der Waals surface area contributed by atoms with Crippen LogP contribution < -0.4 is 11.1 Å². The number of amides is 1. The number of nitrogens with one attached hydrogen (secondary N) is 1. The molecule has 0 unspecified atom stereocenters. The number of rotatable bonds is 7. The lowest BCUT2D eigenvalue weighted by atomic mass is 10.2. The third-order valence-corrected chi connectivity index (χ3v) is 3.60. The number of carbonyl (C=O) groups excluding carboxylic acids is 1. The van der Waals surface area contributed by atoms with E-state index < -0.39 is 0 Å². The molecule has 0 saturated carbocycles. The molecular weight excluding hydrogens is 288 g/mol. The summed E-state index contributed by atoms with van der Waals surface area (Å²) in [6.07, 6.45) is 1.20. The topological polar surface area (TPSA) is 94.0 Å². The van der Waals surface area contributed by atoms with Gasteiger partial charge in [-0.05, 0) is 31.0 Å². The summed E-state index contributed by atoms with van der Waals surface area (Å²) in [4.78, 5) is 11.8. The lowest BCUT2D eigenvalue weighted by Crippen LogP contribution is -2.11. The molecule has 1 heterocycles. The summed E-state index contributed by atoms with van der Waals surface area (Å²) in [7, 11) is 0. The van der Waals surface area contributed by atoms with Crippen molar-refractivity contribution < 1.29 is 9.21 Å². The first-order valence-electron chi connectivity index (χ1n) is 6.69. The van der Waals surface area contributed by atoms with E-state index in [0.29, 0.717) is 17.5 Å². The van der Waals surface area contributed by atoms with Gasteiger partial charge in [0, 0.05) is 17.9 Å². The SMILES string of the molecule is Cc1cccc(NC(=O)CCCSc2nnc(CN)o2)c1. The van der Waals surface area contributed by atoms with Crippen LogP contribution in [0.4, 0.5) is 5.69 Å². The van der Waals surface area contributed by atoms with E-state index in [-0.39, 0.29) is 12.5 Å². The Labute approximate surface area is 127 Å². The highest BCUT2D eigenvalue weighted by atomic mass is 32.2. The van der Waals surface area contributed by atoms with E-state index in [4.69, 9.17) is 10.2 Å². The van der Waals surface area contributed by atoms with Crippen LogP contribution in [0.25, 0.3) is 0 Å². The van der Waals surface area contributed by atoms with Crippen LogP contribution in [-0.4, -0.2) is 21.9 Å². The van der Waals surface area contributed by atoms with Crippen molar-refractivity contribution in [3.8, 4) is 0 Å². The van der Waals surface area contributed by atoms with E-state index in [2.05, 4.69) is 15.5 Å². The molecule has 3 N–H and O–H groups in total. The predicted molar refractivity (Wildman–Crippen MR) is 82.0 cm³/mol. The number of nitrogens with two attached hydrogens (primary N) is 1. The molecule has 112 valence electrons. The average Bonchev–Trinajstić information content (AvgIpc) is 2.91. The molecular formula is C14H18N4O2S. The molecule has 7 heteroatoms. The fourth-order valence-corrected chi connectivity index (χ4v) is 2.43. The molecule has 1 amide bonds. The highest BCUT2D eigenvalue weighted by Gasteiger charge is 2.06. The molecule has 21 heavy (non-hydrogen) atoms. The Bertz CT molecular complexity index is 600. The summed E-state index contributed by atoms with van der Waals surface area (Å²) >= 11 is 1.43. The first kappa shape index (κ1) is 15.5. The van der Waals surface area contributed by atoms with Crippen molar-refractivity contribution >= 4 is 23.4 Å². The molecule has 0 aliphatic rings. The van der Waals surface area contributed by atoms with Crippen LogP contribution in [0, 0.1) is 6.92 Å². The Morgan fingerprint density at radius 3 is 3.00 bits per heavy atom. The minimum absolute atomic E-state index is 0.00868. The Morgan fingerprint density at radius 2 is 2.29 bits per heavy atom. The van der Waals surface area contributed by atoms with Gasteiger partial charge in [-0.1, -0.05) is 23.9 Å². The van der Waals surface area contributed by atoms with Gasteiger partial charge in [-0.3, -0.25) is 4.79 Å². The normalized spacial score (nSPS) is 10.6. The van der Waals surface area contributed by atoms with Crippen molar-refractivity contribution in [3.63, 3.8) is 0 Å². The van der Waals surface area contributed by atoms with Crippen LogP contribution in [0.5, 0.6) is 0 Å². The monoisotopic (exact) mass is 306 g/mol. The van der Waals surface area contributed by atoms with Crippen molar-refractivity contribution in [2.45, 2.75) is 31.5 Å². The van der Waals surface area contributed by atoms with Gasteiger partial charge in [0.1, 0.15) is 0 Å². The highest BCUT2D eigenvalue weighted by molar-refractivity contribution is 7.99. The van der Waals surface area contributed by atoms with Gasteiger partial charge < -0.3 is 15.5 Å². The molecule has 2 rings (SSSR count). The summed E-state index contributed by atoms with van der Waals surface area (Å²) in [6.45, 7) is 2.23. The van der Waals surface area contributed by atoms with E-state index in [1.54, 1.807) is 0 Å². The summed E-state index contributed by atoms with van der Waals surface area (Å²) in [5.41, 5.74) is 7.33. The maximum Gasteiger partial charge on any atom is 0.276 e. The number of hydrogen-bond acceptors (Lipinski definition) is 6. The molecule has 0 fully saturated rings. The van der Waals surface area contributed by atoms with Crippen LogP contribution in [0.1, 0.15) is 24.3 Å². The lowest BCUT2D eigenvalue weighted by molar-refractivity contribution is -0.116. The zero-order valence-electron chi connectivity index (χ0n) is 11.8. The van der Waals surface area contributed by atoms with Gasteiger partial charge in [0.25, 0.3) is 5.22 Å². The Hall–Kier alpha value is -1.86. The molecule has 0 bridgehead atoms. The Morgan fingerprint density at radius 1 is 1.43 bits per heavy atom. The maximum absolute atomic E-state index is 11.8. The molecule has 0 aliphatic heterocycles.